The largest absolute Gasteiger partial charge is 0.449 e. The first-order valence-electron chi connectivity index (χ1n) is 8.81. The lowest BCUT2D eigenvalue weighted by Gasteiger charge is -2.24. The van der Waals surface area contributed by atoms with E-state index in [1.807, 2.05) is 19.1 Å². The molecule has 0 bridgehead atoms. The molecule has 0 amide bonds. The van der Waals surface area contributed by atoms with Gasteiger partial charge in [-0.15, -0.1) is 0 Å². The molecule has 0 atom stereocenters. The predicted molar refractivity (Wildman–Crippen MR) is 107 cm³/mol. The maximum Gasteiger partial charge on any atom is 0.191 e. The van der Waals surface area contributed by atoms with E-state index in [4.69, 9.17) is 10.2 Å². The summed E-state index contributed by atoms with van der Waals surface area (Å²) in [5.74, 6) is 0.661. The molecule has 4 N–H and O–H groups in total. The zero-order chi connectivity index (χ0) is 19.3. The van der Waals surface area contributed by atoms with Crippen molar-refractivity contribution in [2.45, 2.75) is 35.1 Å². The summed E-state index contributed by atoms with van der Waals surface area (Å²) < 4.78 is 5.26. The third-order valence-corrected chi connectivity index (χ3v) is 5.49. The third-order valence-electron chi connectivity index (χ3n) is 4.47. The monoisotopic (exact) mass is 384 g/mol. The summed E-state index contributed by atoms with van der Waals surface area (Å²) in [6, 6.07) is 16.5. The second-order valence-corrected chi connectivity index (χ2v) is 7.85. The molecule has 3 aromatic rings. The van der Waals surface area contributed by atoms with Crippen molar-refractivity contribution in [3.8, 4) is 11.3 Å². The van der Waals surface area contributed by atoms with Crippen LogP contribution in [0.5, 0.6) is 0 Å². The Balaban J connectivity index is 1.59. The second-order valence-electron chi connectivity index (χ2n) is 6.70. The Morgan fingerprint density at radius 3 is 2.11 bits per heavy atom. The van der Waals surface area contributed by atoms with E-state index in [0.717, 1.165) is 26.6 Å². The molecule has 3 rings (SSSR count). The molecule has 0 fully saturated rings. The Morgan fingerprint density at radius 2 is 1.59 bits per heavy atom. The average molecular weight is 385 g/mol. The van der Waals surface area contributed by atoms with Crippen molar-refractivity contribution >= 4 is 11.8 Å². The maximum absolute atomic E-state index is 9.27. The van der Waals surface area contributed by atoms with Crippen LogP contribution < -0.4 is 5.73 Å². The number of benzene rings is 2. The zero-order valence-corrected chi connectivity index (χ0v) is 16.1. The van der Waals surface area contributed by atoms with Gasteiger partial charge in [0.1, 0.15) is 12.0 Å². The summed E-state index contributed by atoms with van der Waals surface area (Å²) in [6.45, 7) is 1.39. The first-order valence-corrected chi connectivity index (χ1v) is 9.63. The van der Waals surface area contributed by atoms with Crippen LogP contribution in [-0.4, -0.2) is 33.9 Å². The molecule has 0 saturated carbocycles. The van der Waals surface area contributed by atoms with Gasteiger partial charge in [-0.2, -0.15) is 0 Å². The normalized spacial score (nSPS) is 11.7. The molecule has 1 aromatic heterocycles. The SMILES string of the molecule is Cc1nc(-c2ccc(Sc3ccc(CCC(N)(CO)CO)cc3)cc2)co1. The van der Waals surface area contributed by atoms with Crippen LogP contribution in [0.1, 0.15) is 17.9 Å². The molecule has 27 heavy (non-hydrogen) atoms. The molecule has 5 nitrogen and oxygen atoms in total. The van der Waals surface area contributed by atoms with Gasteiger partial charge in [0, 0.05) is 22.3 Å². The van der Waals surface area contributed by atoms with Crippen molar-refractivity contribution in [1.29, 1.82) is 0 Å². The molecule has 0 radical (unpaired) electrons. The van der Waals surface area contributed by atoms with Crippen molar-refractivity contribution in [2.75, 3.05) is 13.2 Å². The fourth-order valence-corrected chi connectivity index (χ4v) is 3.47. The standard InChI is InChI=1S/C21H24N2O3S/c1-15-23-20(12-26-15)17-4-8-19(9-5-17)27-18-6-2-16(3-7-18)10-11-21(22,13-24)14-25/h2-9,12,24-25H,10-11,13-14,22H2,1H3. The number of hydrogen-bond acceptors (Lipinski definition) is 6. The summed E-state index contributed by atoms with van der Waals surface area (Å²) in [4.78, 5) is 6.63. The lowest BCUT2D eigenvalue weighted by molar-refractivity contribution is 0.115. The fraction of sp³-hybridized carbons (Fsp3) is 0.286. The number of nitrogens with two attached hydrogens (primary N) is 1. The van der Waals surface area contributed by atoms with E-state index in [0.29, 0.717) is 18.7 Å². The summed E-state index contributed by atoms with van der Waals surface area (Å²) in [6.07, 6.45) is 2.92. The molecule has 0 spiro atoms. The summed E-state index contributed by atoms with van der Waals surface area (Å²) in [7, 11) is 0. The summed E-state index contributed by atoms with van der Waals surface area (Å²) >= 11 is 1.69. The molecule has 2 aromatic carbocycles. The molecular formula is C21H24N2O3S. The quantitative estimate of drug-likeness (QED) is 0.551. The smallest absolute Gasteiger partial charge is 0.191 e. The third kappa shape index (κ3) is 5.20. The van der Waals surface area contributed by atoms with Gasteiger partial charge in [-0.1, -0.05) is 36.0 Å². The van der Waals surface area contributed by atoms with Crippen LogP contribution in [0.25, 0.3) is 11.3 Å². The van der Waals surface area contributed by atoms with Crippen molar-refractivity contribution in [3.05, 3.63) is 66.2 Å². The van der Waals surface area contributed by atoms with Gasteiger partial charge in [0.25, 0.3) is 0 Å². The number of aliphatic hydroxyl groups is 2. The minimum Gasteiger partial charge on any atom is -0.449 e. The van der Waals surface area contributed by atoms with E-state index < -0.39 is 5.54 Å². The Hall–Kier alpha value is -2.12. The number of aromatic nitrogens is 1. The first-order chi connectivity index (χ1) is 13.0. The summed E-state index contributed by atoms with van der Waals surface area (Å²) in [5.41, 5.74) is 8.01. The lowest BCUT2D eigenvalue weighted by Crippen LogP contribution is -2.47. The number of oxazole rings is 1. The Morgan fingerprint density at radius 1 is 1.00 bits per heavy atom. The summed E-state index contributed by atoms with van der Waals surface area (Å²) in [5, 5.41) is 18.5. The second kappa shape index (κ2) is 8.71. The number of rotatable bonds is 8. The van der Waals surface area contributed by atoms with Crippen LogP contribution in [-0.2, 0) is 6.42 Å². The van der Waals surface area contributed by atoms with Gasteiger partial charge >= 0.3 is 0 Å². The first kappa shape index (κ1) is 19.6. The molecule has 0 saturated heterocycles. The van der Waals surface area contributed by atoms with E-state index in [9.17, 15) is 10.2 Å². The molecule has 0 unspecified atom stereocenters. The van der Waals surface area contributed by atoms with Crippen molar-refractivity contribution in [3.63, 3.8) is 0 Å². The van der Waals surface area contributed by atoms with Crippen molar-refractivity contribution < 1.29 is 14.6 Å². The van der Waals surface area contributed by atoms with Gasteiger partial charge in [0.05, 0.1) is 18.8 Å². The zero-order valence-electron chi connectivity index (χ0n) is 15.3. The predicted octanol–water partition coefficient (Wildman–Crippen LogP) is 3.42. The minimum absolute atomic E-state index is 0.221. The van der Waals surface area contributed by atoms with Gasteiger partial charge in [-0.05, 0) is 42.7 Å². The van der Waals surface area contributed by atoms with Gasteiger partial charge in [-0.25, -0.2) is 4.98 Å². The molecular weight excluding hydrogens is 360 g/mol. The molecule has 142 valence electrons. The molecule has 1 heterocycles. The van der Waals surface area contributed by atoms with Gasteiger partial charge < -0.3 is 20.4 Å². The van der Waals surface area contributed by atoms with Crippen molar-refractivity contribution in [1.82, 2.24) is 4.98 Å². The number of aryl methyl sites for hydroxylation is 2. The van der Waals surface area contributed by atoms with Crippen LogP contribution in [0.4, 0.5) is 0 Å². The average Bonchev–Trinajstić information content (AvgIpc) is 3.14. The van der Waals surface area contributed by atoms with Gasteiger partial charge in [0.15, 0.2) is 5.89 Å². The van der Waals surface area contributed by atoms with E-state index in [1.54, 1.807) is 18.0 Å². The topological polar surface area (TPSA) is 92.5 Å². The van der Waals surface area contributed by atoms with Crippen LogP contribution in [0, 0.1) is 6.92 Å². The van der Waals surface area contributed by atoms with Crippen LogP contribution in [0.15, 0.2) is 69.0 Å². The Kier molecular flexibility index (Phi) is 6.34. The van der Waals surface area contributed by atoms with Gasteiger partial charge in [-0.3, -0.25) is 0 Å². The van der Waals surface area contributed by atoms with E-state index in [1.165, 1.54) is 0 Å². The lowest BCUT2D eigenvalue weighted by atomic mass is 9.94. The van der Waals surface area contributed by atoms with E-state index in [2.05, 4.69) is 41.4 Å². The van der Waals surface area contributed by atoms with Crippen LogP contribution in [0.2, 0.25) is 0 Å². The number of hydrogen-bond donors (Lipinski definition) is 3. The fourth-order valence-electron chi connectivity index (χ4n) is 2.65. The van der Waals surface area contributed by atoms with E-state index >= 15 is 0 Å². The van der Waals surface area contributed by atoms with E-state index in [-0.39, 0.29) is 13.2 Å². The molecule has 0 aliphatic carbocycles. The van der Waals surface area contributed by atoms with Crippen LogP contribution >= 0.6 is 11.8 Å². The van der Waals surface area contributed by atoms with Crippen LogP contribution in [0.3, 0.4) is 0 Å². The number of aliphatic hydroxyl groups excluding tert-OH is 2. The van der Waals surface area contributed by atoms with Gasteiger partial charge in [0.2, 0.25) is 0 Å². The highest BCUT2D eigenvalue weighted by Crippen LogP contribution is 2.30. The van der Waals surface area contributed by atoms with Crippen molar-refractivity contribution in [2.24, 2.45) is 5.73 Å². The molecule has 6 heteroatoms. The highest BCUT2D eigenvalue weighted by molar-refractivity contribution is 7.99. The highest BCUT2D eigenvalue weighted by atomic mass is 32.2. The highest BCUT2D eigenvalue weighted by Gasteiger charge is 2.22. The maximum atomic E-state index is 9.27. The Bertz CT molecular complexity index is 856. The minimum atomic E-state index is -0.919. The Labute approximate surface area is 163 Å². The molecule has 0 aliphatic heterocycles. The molecule has 0 aliphatic rings. The number of nitrogens with zero attached hydrogens (tertiary/aromatic N) is 1.